The van der Waals surface area contributed by atoms with Crippen LogP contribution in [-0.2, 0) is 4.79 Å². The molecule has 0 aromatic heterocycles. The lowest BCUT2D eigenvalue weighted by atomic mass is 9.97. The Balaban J connectivity index is 2.30. The molecule has 1 heterocycles. The summed E-state index contributed by atoms with van der Waals surface area (Å²) < 4.78 is 5.44. The highest BCUT2D eigenvalue weighted by atomic mass is 16.5. The number of nitrogens with two attached hydrogens (primary N) is 1. The first kappa shape index (κ1) is 14.8. The van der Waals surface area contributed by atoms with Gasteiger partial charge in [-0.05, 0) is 13.0 Å². The van der Waals surface area contributed by atoms with Crippen LogP contribution in [0.3, 0.4) is 0 Å². The van der Waals surface area contributed by atoms with Gasteiger partial charge in [-0.25, -0.2) is 0 Å². The number of likely N-dealkylation sites (N-methyl/N-ethyl adjacent to an activating group) is 1. The van der Waals surface area contributed by atoms with E-state index in [4.69, 9.17) is 10.5 Å². The number of rotatable bonds is 4. The van der Waals surface area contributed by atoms with Gasteiger partial charge in [0.1, 0.15) is 5.75 Å². The Morgan fingerprint density at radius 3 is 2.60 bits per heavy atom. The summed E-state index contributed by atoms with van der Waals surface area (Å²) in [6.07, 6.45) is 0. The SMILES string of the molecule is COc1ccccc1C(C(C)N)N1CCN(C)C(=O)C1. The molecule has 1 aromatic carbocycles. The fourth-order valence-electron chi connectivity index (χ4n) is 2.74. The topological polar surface area (TPSA) is 58.8 Å². The lowest BCUT2D eigenvalue weighted by molar-refractivity contribution is -0.135. The van der Waals surface area contributed by atoms with E-state index in [0.717, 1.165) is 24.4 Å². The fourth-order valence-corrected chi connectivity index (χ4v) is 2.74. The molecule has 2 rings (SSSR count). The van der Waals surface area contributed by atoms with Crippen LogP contribution in [0, 0.1) is 0 Å². The molecule has 1 aliphatic heterocycles. The molecule has 1 aromatic rings. The Labute approximate surface area is 120 Å². The molecule has 5 nitrogen and oxygen atoms in total. The Kier molecular flexibility index (Phi) is 4.62. The van der Waals surface area contributed by atoms with Crippen molar-refractivity contribution in [2.45, 2.75) is 19.0 Å². The molecule has 0 saturated carbocycles. The first-order valence-corrected chi connectivity index (χ1v) is 6.91. The molecule has 2 unspecified atom stereocenters. The Bertz CT molecular complexity index is 476. The summed E-state index contributed by atoms with van der Waals surface area (Å²) in [5.41, 5.74) is 7.22. The van der Waals surface area contributed by atoms with E-state index in [0.29, 0.717) is 6.54 Å². The van der Waals surface area contributed by atoms with Crippen LogP contribution < -0.4 is 10.5 Å². The van der Waals surface area contributed by atoms with Crippen LogP contribution in [0.4, 0.5) is 0 Å². The van der Waals surface area contributed by atoms with Crippen molar-refractivity contribution in [1.82, 2.24) is 9.80 Å². The molecule has 1 saturated heterocycles. The van der Waals surface area contributed by atoms with Crippen molar-refractivity contribution in [3.05, 3.63) is 29.8 Å². The number of ether oxygens (including phenoxy) is 1. The maximum absolute atomic E-state index is 11.9. The van der Waals surface area contributed by atoms with Gasteiger partial charge in [-0.2, -0.15) is 0 Å². The summed E-state index contributed by atoms with van der Waals surface area (Å²) in [6, 6.07) is 7.78. The Morgan fingerprint density at radius 1 is 1.30 bits per heavy atom. The number of hydrogen-bond acceptors (Lipinski definition) is 4. The highest BCUT2D eigenvalue weighted by molar-refractivity contribution is 5.78. The number of amides is 1. The van der Waals surface area contributed by atoms with Gasteiger partial charge in [0, 0.05) is 31.7 Å². The van der Waals surface area contributed by atoms with Crippen molar-refractivity contribution in [3.63, 3.8) is 0 Å². The van der Waals surface area contributed by atoms with Crippen LogP contribution >= 0.6 is 0 Å². The summed E-state index contributed by atoms with van der Waals surface area (Å²) in [5, 5.41) is 0. The van der Waals surface area contributed by atoms with Crippen LogP contribution in [0.1, 0.15) is 18.5 Å². The van der Waals surface area contributed by atoms with Crippen molar-refractivity contribution < 1.29 is 9.53 Å². The van der Waals surface area contributed by atoms with E-state index >= 15 is 0 Å². The van der Waals surface area contributed by atoms with Gasteiger partial charge >= 0.3 is 0 Å². The third-order valence-electron chi connectivity index (χ3n) is 3.84. The molecule has 0 aliphatic carbocycles. The molecule has 110 valence electrons. The average Bonchev–Trinajstić information content (AvgIpc) is 2.43. The number of methoxy groups -OCH3 is 1. The van der Waals surface area contributed by atoms with Crippen LogP contribution in [0.25, 0.3) is 0 Å². The number of benzene rings is 1. The molecule has 0 bridgehead atoms. The number of para-hydroxylation sites is 1. The number of piperazine rings is 1. The zero-order valence-electron chi connectivity index (χ0n) is 12.4. The molecular weight excluding hydrogens is 254 g/mol. The normalized spacial score (nSPS) is 19.8. The Hall–Kier alpha value is -1.59. The van der Waals surface area contributed by atoms with Crippen molar-refractivity contribution >= 4 is 5.91 Å². The van der Waals surface area contributed by atoms with Crippen molar-refractivity contribution in [1.29, 1.82) is 0 Å². The molecule has 0 spiro atoms. The minimum atomic E-state index is -0.0810. The number of carbonyl (C=O) groups excluding carboxylic acids is 1. The lowest BCUT2D eigenvalue weighted by Crippen LogP contribution is -2.52. The second-order valence-electron chi connectivity index (χ2n) is 5.33. The first-order valence-electron chi connectivity index (χ1n) is 6.91. The first-order chi connectivity index (χ1) is 9.54. The molecule has 1 fully saturated rings. The maximum atomic E-state index is 11.9. The lowest BCUT2D eigenvalue weighted by Gasteiger charge is -2.39. The molecule has 1 amide bonds. The quantitative estimate of drug-likeness (QED) is 0.886. The number of hydrogen-bond donors (Lipinski definition) is 1. The highest BCUT2D eigenvalue weighted by Crippen LogP contribution is 2.31. The number of nitrogens with zero attached hydrogens (tertiary/aromatic N) is 2. The third-order valence-corrected chi connectivity index (χ3v) is 3.84. The van der Waals surface area contributed by atoms with Gasteiger partial charge in [-0.3, -0.25) is 9.69 Å². The summed E-state index contributed by atoms with van der Waals surface area (Å²) in [4.78, 5) is 15.8. The van der Waals surface area contributed by atoms with E-state index in [1.54, 1.807) is 12.0 Å². The summed E-state index contributed by atoms with van der Waals surface area (Å²) in [6.45, 7) is 3.93. The molecule has 5 heteroatoms. The van der Waals surface area contributed by atoms with Crippen molar-refractivity contribution in [2.75, 3.05) is 33.8 Å². The van der Waals surface area contributed by atoms with Gasteiger partial charge < -0.3 is 15.4 Å². The van der Waals surface area contributed by atoms with Crippen LogP contribution in [-0.4, -0.2) is 55.5 Å². The molecule has 2 atom stereocenters. The molecule has 1 aliphatic rings. The van der Waals surface area contributed by atoms with E-state index in [9.17, 15) is 4.79 Å². The van der Waals surface area contributed by atoms with Crippen LogP contribution in [0.15, 0.2) is 24.3 Å². The molecule has 0 radical (unpaired) electrons. The maximum Gasteiger partial charge on any atom is 0.236 e. The van der Waals surface area contributed by atoms with Gasteiger partial charge in [0.15, 0.2) is 0 Å². The third kappa shape index (κ3) is 2.94. The van der Waals surface area contributed by atoms with E-state index in [1.165, 1.54) is 0 Å². The predicted molar refractivity (Wildman–Crippen MR) is 78.6 cm³/mol. The largest absolute Gasteiger partial charge is 0.496 e. The monoisotopic (exact) mass is 277 g/mol. The van der Waals surface area contributed by atoms with Crippen LogP contribution in [0.5, 0.6) is 5.75 Å². The smallest absolute Gasteiger partial charge is 0.236 e. The van der Waals surface area contributed by atoms with Crippen LogP contribution in [0.2, 0.25) is 0 Å². The van der Waals surface area contributed by atoms with E-state index < -0.39 is 0 Å². The van der Waals surface area contributed by atoms with Gasteiger partial charge in [-0.1, -0.05) is 18.2 Å². The molecule has 2 N–H and O–H groups in total. The van der Waals surface area contributed by atoms with Gasteiger partial charge in [-0.15, -0.1) is 0 Å². The van der Waals surface area contributed by atoms with E-state index in [2.05, 4.69) is 4.90 Å². The minimum Gasteiger partial charge on any atom is -0.496 e. The second kappa shape index (κ2) is 6.24. The highest BCUT2D eigenvalue weighted by Gasteiger charge is 2.31. The minimum absolute atomic E-state index is 0.0104. The van der Waals surface area contributed by atoms with Crippen molar-refractivity contribution in [3.8, 4) is 5.75 Å². The van der Waals surface area contributed by atoms with Gasteiger partial charge in [0.25, 0.3) is 0 Å². The summed E-state index contributed by atoms with van der Waals surface area (Å²) in [7, 11) is 3.50. The summed E-state index contributed by atoms with van der Waals surface area (Å²) >= 11 is 0. The molecular formula is C15H23N3O2. The second-order valence-corrected chi connectivity index (χ2v) is 5.33. The predicted octanol–water partition coefficient (Wildman–Crippen LogP) is 0.858. The zero-order valence-corrected chi connectivity index (χ0v) is 12.4. The summed E-state index contributed by atoms with van der Waals surface area (Å²) in [5.74, 6) is 0.956. The fraction of sp³-hybridized carbons (Fsp3) is 0.533. The van der Waals surface area contributed by atoms with Gasteiger partial charge in [0.2, 0.25) is 5.91 Å². The van der Waals surface area contributed by atoms with Gasteiger partial charge in [0.05, 0.1) is 19.7 Å². The zero-order chi connectivity index (χ0) is 14.7. The molecule has 20 heavy (non-hydrogen) atoms. The average molecular weight is 277 g/mol. The standard InChI is InChI=1S/C15H23N3O2/c1-11(16)15(12-6-4-5-7-13(12)20-3)18-9-8-17(2)14(19)10-18/h4-7,11,15H,8-10,16H2,1-3H3. The van der Waals surface area contributed by atoms with E-state index in [1.807, 2.05) is 38.2 Å². The van der Waals surface area contributed by atoms with E-state index in [-0.39, 0.29) is 18.0 Å². The Morgan fingerprint density at radius 2 is 2.00 bits per heavy atom. The number of carbonyl (C=O) groups is 1. The van der Waals surface area contributed by atoms with Crippen molar-refractivity contribution in [2.24, 2.45) is 5.73 Å².